The highest BCUT2D eigenvalue weighted by molar-refractivity contribution is 5.80. The van der Waals surface area contributed by atoms with Gasteiger partial charge in [0.2, 0.25) is 0 Å². The number of pyridine rings is 2. The van der Waals surface area contributed by atoms with Gasteiger partial charge in [-0.2, -0.15) is 0 Å². The Morgan fingerprint density at radius 3 is 1.91 bits per heavy atom. The van der Waals surface area contributed by atoms with Crippen LogP contribution in [0, 0.1) is 0 Å². The molecule has 0 amide bonds. The molecule has 0 radical (unpaired) electrons. The minimum atomic E-state index is -0.544. The molecule has 1 aliphatic heterocycles. The van der Waals surface area contributed by atoms with Gasteiger partial charge >= 0.3 is 0 Å². The number of aliphatic hydroxyl groups is 1. The van der Waals surface area contributed by atoms with Crippen LogP contribution in [0.25, 0.3) is 45.1 Å². The SMILES string of the molecule is CC(O)c1ccc2[nH]c(-c3ccc(OCCOCCOc4ccc(-c5nc6cc(C7CO7)ccc6[nH]5)nc4)cn3)nc2c1. The molecule has 2 unspecified atom stereocenters. The molecule has 0 aliphatic carbocycles. The summed E-state index contributed by atoms with van der Waals surface area (Å²) in [7, 11) is 0. The monoisotopic (exact) mass is 578 g/mol. The molecule has 2 aromatic carbocycles. The Bertz CT molecular complexity index is 1720. The molecule has 11 nitrogen and oxygen atoms in total. The lowest BCUT2D eigenvalue weighted by Crippen LogP contribution is -2.12. The van der Waals surface area contributed by atoms with E-state index in [0.29, 0.717) is 55.3 Å². The van der Waals surface area contributed by atoms with E-state index in [1.54, 1.807) is 19.3 Å². The molecule has 2 atom stereocenters. The van der Waals surface area contributed by atoms with Crippen LogP contribution in [0.2, 0.25) is 0 Å². The normalized spacial score (nSPS) is 15.2. The third-order valence-corrected chi connectivity index (χ3v) is 7.15. The Kier molecular flexibility index (Phi) is 7.42. The van der Waals surface area contributed by atoms with E-state index in [4.69, 9.17) is 18.9 Å². The number of rotatable bonds is 12. The number of ether oxygens (including phenoxy) is 4. The van der Waals surface area contributed by atoms with Crippen molar-refractivity contribution in [2.45, 2.75) is 19.1 Å². The lowest BCUT2D eigenvalue weighted by atomic mass is 10.1. The van der Waals surface area contributed by atoms with Crippen molar-refractivity contribution in [3.63, 3.8) is 0 Å². The van der Waals surface area contributed by atoms with E-state index in [-0.39, 0.29) is 6.10 Å². The number of aromatic amines is 2. The summed E-state index contributed by atoms with van der Waals surface area (Å²) in [6.07, 6.45) is 3.00. The predicted molar refractivity (Wildman–Crippen MR) is 160 cm³/mol. The van der Waals surface area contributed by atoms with Gasteiger partial charge in [0.1, 0.15) is 42.2 Å². The van der Waals surface area contributed by atoms with Crippen LogP contribution >= 0.6 is 0 Å². The molecular weight excluding hydrogens is 548 g/mol. The molecule has 0 spiro atoms. The maximum absolute atomic E-state index is 9.81. The first-order valence-corrected chi connectivity index (χ1v) is 14.1. The lowest BCUT2D eigenvalue weighted by molar-refractivity contribution is 0.0762. The van der Waals surface area contributed by atoms with E-state index in [1.165, 1.54) is 0 Å². The van der Waals surface area contributed by atoms with Gasteiger partial charge < -0.3 is 34.0 Å². The summed E-state index contributed by atoms with van der Waals surface area (Å²) in [5, 5.41) is 9.81. The molecule has 0 saturated carbocycles. The molecule has 218 valence electrons. The number of hydrogen-bond donors (Lipinski definition) is 3. The summed E-state index contributed by atoms with van der Waals surface area (Å²) in [6, 6.07) is 19.3. The highest BCUT2D eigenvalue weighted by Gasteiger charge is 2.25. The van der Waals surface area contributed by atoms with Crippen LogP contribution in [0.1, 0.15) is 30.3 Å². The first-order valence-electron chi connectivity index (χ1n) is 14.1. The maximum atomic E-state index is 9.81. The summed E-state index contributed by atoms with van der Waals surface area (Å²) in [6.45, 7) is 4.12. The zero-order valence-electron chi connectivity index (χ0n) is 23.5. The number of nitrogens with one attached hydrogen (secondary N) is 2. The van der Waals surface area contributed by atoms with Crippen LogP contribution in [0.15, 0.2) is 73.1 Å². The summed E-state index contributed by atoms with van der Waals surface area (Å²) >= 11 is 0. The smallest absolute Gasteiger partial charge is 0.157 e. The average Bonchev–Trinajstić information content (AvgIpc) is 3.65. The quantitative estimate of drug-likeness (QED) is 0.132. The van der Waals surface area contributed by atoms with Gasteiger partial charge in [-0.15, -0.1) is 0 Å². The Labute approximate surface area is 246 Å². The second kappa shape index (κ2) is 11.8. The second-order valence-electron chi connectivity index (χ2n) is 10.3. The minimum Gasteiger partial charge on any atom is -0.490 e. The largest absolute Gasteiger partial charge is 0.490 e. The first kappa shape index (κ1) is 27.0. The van der Waals surface area contributed by atoms with Crippen molar-refractivity contribution >= 4 is 22.1 Å². The Hall–Kier alpha value is -4.84. The van der Waals surface area contributed by atoms with Gasteiger partial charge in [0, 0.05) is 0 Å². The number of H-pyrrole nitrogens is 2. The Morgan fingerprint density at radius 2 is 1.37 bits per heavy atom. The van der Waals surface area contributed by atoms with Crippen molar-refractivity contribution in [2.24, 2.45) is 0 Å². The summed E-state index contributed by atoms with van der Waals surface area (Å²) in [5.41, 5.74) is 6.95. The van der Waals surface area contributed by atoms with E-state index in [2.05, 4.69) is 42.0 Å². The van der Waals surface area contributed by atoms with Crippen molar-refractivity contribution in [2.75, 3.05) is 33.0 Å². The van der Waals surface area contributed by atoms with E-state index in [1.807, 2.05) is 48.5 Å². The van der Waals surface area contributed by atoms with Gasteiger partial charge in [0.05, 0.1) is 60.4 Å². The molecule has 0 bridgehead atoms. The molecule has 11 heteroatoms. The molecule has 43 heavy (non-hydrogen) atoms. The number of nitrogens with zero attached hydrogens (tertiary/aromatic N) is 4. The highest BCUT2D eigenvalue weighted by Crippen LogP contribution is 2.32. The summed E-state index contributed by atoms with van der Waals surface area (Å²) in [5.74, 6) is 2.67. The topological polar surface area (TPSA) is 144 Å². The molecule has 1 saturated heterocycles. The number of fused-ring (bicyclic) bond motifs is 2. The van der Waals surface area contributed by atoms with Crippen molar-refractivity contribution < 1.29 is 24.1 Å². The molecule has 3 N–H and O–H groups in total. The van der Waals surface area contributed by atoms with Crippen LogP contribution in [-0.2, 0) is 9.47 Å². The second-order valence-corrected chi connectivity index (χ2v) is 10.3. The number of benzene rings is 2. The molecule has 1 aliphatic rings. The summed E-state index contributed by atoms with van der Waals surface area (Å²) in [4.78, 5) is 24.8. The third kappa shape index (κ3) is 6.19. The van der Waals surface area contributed by atoms with Gasteiger partial charge in [0.25, 0.3) is 0 Å². The van der Waals surface area contributed by atoms with Crippen molar-refractivity contribution in [3.05, 3.63) is 84.2 Å². The Morgan fingerprint density at radius 1 is 0.791 bits per heavy atom. The minimum absolute atomic E-state index is 0.202. The molecule has 6 aromatic rings. The number of hydrogen-bond acceptors (Lipinski definition) is 9. The van der Waals surface area contributed by atoms with Gasteiger partial charge in [0.15, 0.2) is 11.6 Å². The molecule has 7 rings (SSSR count). The van der Waals surface area contributed by atoms with Crippen LogP contribution in [-0.4, -0.2) is 68.0 Å². The molecular formula is C32H30N6O5. The van der Waals surface area contributed by atoms with Crippen LogP contribution in [0.5, 0.6) is 11.5 Å². The number of aliphatic hydroxyl groups excluding tert-OH is 1. The lowest BCUT2D eigenvalue weighted by Gasteiger charge is -2.09. The third-order valence-electron chi connectivity index (χ3n) is 7.15. The highest BCUT2D eigenvalue weighted by atomic mass is 16.6. The zero-order valence-corrected chi connectivity index (χ0v) is 23.5. The number of imidazole rings is 2. The van der Waals surface area contributed by atoms with Gasteiger partial charge in [-0.25, -0.2) is 19.9 Å². The van der Waals surface area contributed by atoms with E-state index < -0.39 is 6.10 Å². The van der Waals surface area contributed by atoms with Gasteiger partial charge in [-0.3, -0.25) is 0 Å². The average molecular weight is 579 g/mol. The van der Waals surface area contributed by atoms with E-state index in [0.717, 1.165) is 45.5 Å². The van der Waals surface area contributed by atoms with Gasteiger partial charge in [-0.05, 0) is 66.6 Å². The Balaban J connectivity index is 0.831. The van der Waals surface area contributed by atoms with E-state index in [9.17, 15) is 5.11 Å². The molecule has 4 aromatic heterocycles. The fourth-order valence-corrected chi connectivity index (χ4v) is 4.74. The fraction of sp³-hybridized carbons (Fsp3) is 0.250. The van der Waals surface area contributed by atoms with E-state index >= 15 is 0 Å². The van der Waals surface area contributed by atoms with Crippen molar-refractivity contribution in [3.8, 4) is 34.5 Å². The van der Waals surface area contributed by atoms with Gasteiger partial charge in [-0.1, -0.05) is 12.1 Å². The fourth-order valence-electron chi connectivity index (χ4n) is 4.74. The zero-order chi connectivity index (χ0) is 29.2. The number of epoxide rings is 1. The maximum Gasteiger partial charge on any atom is 0.157 e. The van der Waals surface area contributed by atoms with Crippen molar-refractivity contribution in [1.82, 2.24) is 29.9 Å². The van der Waals surface area contributed by atoms with Crippen LogP contribution in [0.3, 0.4) is 0 Å². The summed E-state index contributed by atoms with van der Waals surface area (Å²) < 4.78 is 22.5. The molecule has 5 heterocycles. The van der Waals surface area contributed by atoms with Crippen LogP contribution in [0.4, 0.5) is 0 Å². The number of aromatic nitrogens is 6. The standard InChI is InChI=1S/C32H30N6O5/c1-19(39)20-2-6-24-28(14-20)37-31(35-24)26-8-4-22(16-33-26)41-12-10-40-11-13-42-23-5-9-27(34-17-23)32-36-25-7-3-21(30-18-43-30)15-29(25)38-32/h2-9,14-17,19,30,39H,10-13,18H2,1H3,(H,35,37)(H,36,38). The predicted octanol–water partition coefficient (Wildman–Crippen LogP) is 5.16. The first-order chi connectivity index (χ1) is 21.1. The van der Waals surface area contributed by atoms with Crippen molar-refractivity contribution in [1.29, 1.82) is 0 Å². The molecule has 1 fully saturated rings. The van der Waals surface area contributed by atoms with Crippen LogP contribution < -0.4 is 9.47 Å².